The second-order valence-electron chi connectivity index (χ2n) is 5.34. The molecule has 1 atom stereocenters. The van der Waals surface area contributed by atoms with Crippen LogP contribution in [0.2, 0.25) is 0 Å². The summed E-state index contributed by atoms with van der Waals surface area (Å²) >= 11 is 1.46. The number of hydrogen-bond acceptors (Lipinski definition) is 4. The Labute approximate surface area is 134 Å². The molecule has 118 valence electrons. The maximum Gasteiger partial charge on any atom is 0.303 e. The summed E-state index contributed by atoms with van der Waals surface area (Å²) in [5.74, 6) is -0.768. The molecular formula is C16H20N2O3S. The van der Waals surface area contributed by atoms with E-state index in [1.165, 1.54) is 11.8 Å². The standard InChI is InChI=1S/C16H20N2O3S/c1-11-6-5-7-12(10-11)17-16-18-15(21)13(22-16)8-3-2-4-9-14(19)20/h5-7,10,13H,2-4,8-9H2,1H3,(H,19,20)(H,17,18,21). The van der Waals surface area contributed by atoms with E-state index in [0.717, 1.165) is 30.5 Å². The van der Waals surface area contributed by atoms with Gasteiger partial charge in [0.05, 0.1) is 10.9 Å². The van der Waals surface area contributed by atoms with Crippen LogP contribution in [0.15, 0.2) is 29.3 Å². The minimum atomic E-state index is -0.763. The van der Waals surface area contributed by atoms with Crippen molar-refractivity contribution in [3.8, 4) is 0 Å². The Morgan fingerprint density at radius 2 is 2.18 bits per heavy atom. The lowest BCUT2D eigenvalue weighted by Crippen LogP contribution is -2.24. The van der Waals surface area contributed by atoms with Gasteiger partial charge in [-0.25, -0.2) is 4.99 Å². The van der Waals surface area contributed by atoms with Gasteiger partial charge in [-0.1, -0.05) is 36.7 Å². The smallest absolute Gasteiger partial charge is 0.303 e. The van der Waals surface area contributed by atoms with Crippen molar-refractivity contribution in [3.05, 3.63) is 29.8 Å². The van der Waals surface area contributed by atoms with Gasteiger partial charge in [0.15, 0.2) is 5.17 Å². The number of unbranched alkanes of at least 4 members (excludes halogenated alkanes) is 2. The van der Waals surface area contributed by atoms with Gasteiger partial charge in [-0.15, -0.1) is 0 Å². The van der Waals surface area contributed by atoms with Crippen LogP contribution in [0.5, 0.6) is 0 Å². The lowest BCUT2D eigenvalue weighted by atomic mass is 10.1. The Morgan fingerprint density at radius 1 is 1.36 bits per heavy atom. The molecule has 1 aromatic carbocycles. The molecule has 1 saturated heterocycles. The van der Waals surface area contributed by atoms with E-state index >= 15 is 0 Å². The molecule has 1 amide bonds. The first-order chi connectivity index (χ1) is 10.5. The number of benzene rings is 1. The van der Waals surface area contributed by atoms with Crippen LogP contribution in [0.4, 0.5) is 5.69 Å². The molecule has 1 aromatic rings. The summed E-state index contributed by atoms with van der Waals surface area (Å²) in [6.45, 7) is 2.00. The van der Waals surface area contributed by atoms with E-state index in [1.54, 1.807) is 0 Å². The van der Waals surface area contributed by atoms with E-state index < -0.39 is 5.97 Å². The summed E-state index contributed by atoms with van der Waals surface area (Å²) in [5.41, 5.74) is 1.97. The van der Waals surface area contributed by atoms with Crippen LogP contribution in [0, 0.1) is 6.92 Å². The van der Waals surface area contributed by atoms with Gasteiger partial charge in [0.2, 0.25) is 5.91 Å². The highest BCUT2D eigenvalue weighted by atomic mass is 32.2. The van der Waals surface area contributed by atoms with Crippen molar-refractivity contribution < 1.29 is 14.7 Å². The van der Waals surface area contributed by atoms with E-state index in [9.17, 15) is 9.59 Å². The van der Waals surface area contributed by atoms with Crippen LogP contribution in [-0.2, 0) is 9.59 Å². The number of nitrogens with zero attached hydrogens (tertiary/aromatic N) is 1. The lowest BCUT2D eigenvalue weighted by molar-refractivity contribution is -0.137. The van der Waals surface area contributed by atoms with Gasteiger partial charge < -0.3 is 10.4 Å². The normalized spacial score (nSPS) is 19.4. The number of aryl methyl sites for hydroxylation is 1. The molecule has 5 nitrogen and oxygen atoms in total. The van der Waals surface area contributed by atoms with E-state index in [2.05, 4.69) is 10.3 Å². The Hall–Kier alpha value is -1.82. The van der Waals surface area contributed by atoms with Crippen LogP contribution < -0.4 is 5.32 Å². The summed E-state index contributed by atoms with van der Waals surface area (Å²) in [6.07, 6.45) is 3.31. The molecule has 2 N–H and O–H groups in total. The van der Waals surface area contributed by atoms with Gasteiger partial charge in [-0.3, -0.25) is 9.59 Å². The van der Waals surface area contributed by atoms with E-state index in [0.29, 0.717) is 11.6 Å². The van der Waals surface area contributed by atoms with Gasteiger partial charge in [0, 0.05) is 6.42 Å². The quantitative estimate of drug-likeness (QED) is 0.756. The monoisotopic (exact) mass is 320 g/mol. The maximum atomic E-state index is 11.9. The Kier molecular flexibility index (Phi) is 6.00. The van der Waals surface area contributed by atoms with E-state index in [1.807, 2.05) is 31.2 Å². The summed E-state index contributed by atoms with van der Waals surface area (Å²) in [4.78, 5) is 26.8. The third kappa shape index (κ3) is 5.18. The molecule has 0 bridgehead atoms. The van der Waals surface area contributed by atoms with E-state index in [-0.39, 0.29) is 17.6 Å². The summed E-state index contributed by atoms with van der Waals surface area (Å²) in [7, 11) is 0. The van der Waals surface area contributed by atoms with Gasteiger partial charge in [0.25, 0.3) is 0 Å². The number of aliphatic imine (C=N–C) groups is 1. The fourth-order valence-corrected chi connectivity index (χ4v) is 3.28. The van der Waals surface area contributed by atoms with Crippen molar-refractivity contribution in [2.75, 3.05) is 0 Å². The average molecular weight is 320 g/mol. The first kappa shape index (κ1) is 16.5. The predicted octanol–water partition coefficient (Wildman–Crippen LogP) is 3.25. The second kappa shape index (κ2) is 7.98. The van der Waals surface area contributed by atoms with Crippen molar-refractivity contribution in [1.29, 1.82) is 0 Å². The molecule has 0 saturated carbocycles. The topological polar surface area (TPSA) is 78.8 Å². The first-order valence-corrected chi connectivity index (χ1v) is 8.27. The summed E-state index contributed by atoms with van der Waals surface area (Å²) in [6, 6.07) is 7.82. The number of amidine groups is 1. The van der Waals surface area contributed by atoms with Crippen LogP contribution in [0.25, 0.3) is 0 Å². The molecule has 1 aliphatic rings. The molecule has 1 fully saturated rings. The number of nitrogens with one attached hydrogen (secondary N) is 1. The molecule has 6 heteroatoms. The average Bonchev–Trinajstić information content (AvgIpc) is 2.78. The number of carboxylic acid groups (broad SMARTS) is 1. The van der Waals surface area contributed by atoms with Crippen molar-refractivity contribution in [3.63, 3.8) is 0 Å². The number of aliphatic carboxylic acids is 1. The second-order valence-corrected chi connectivity index (χ2v) is 6.54. The molecule has 0 spiro atoms. The third-order valence-electron chi connectivity index (χ3n) is 3.37. The molecule has 0 aromatic heterocycles. The molecule has 2 rings (SSSR count). The number of carbonyl (C=O) groups is 2. The third-order valence-corrected chi connectivity index (χ3v) is 4.52. The zero-order valence-electron chi connectivity index (χ0n) is 12.5. The minimum Gasteiger partial charge on any atom is -0.481 e. The number of carboxylic acids is 1. The predicted molar refractivity (Wildman–Crippen MR) is 88.5 cm³/mol. The van der Waals surface area contributed by atoms with Crippen LogP contribution >= 0.6 is 11.8 Å². The molecule has 1 heterocycles. The number of amides is 1. The largest absolute Gasteiger partial charge is 0.481 e. The van der Waals surface area contributed by atoms with Crippen molar-refractivity contribution >= 4 is 34.5 Å². The van der Waals surface area contributed by atoms with Crippen LogP contribution in [-0.4, -0.2) is 27.4 Å². The lowest BCUT2D eigenvalue weighted by Gasteiger charge is -2.04. The van der Waals surface area contributed by atoms with Gasteiger partial charge in [-0.2, -0.15) is 0 Å². The molecular weight excluding hydrogens is 300 g/mol. The summed E-state index contributed by atoms with van der Waals surface area (Å²) < 4.78 is 0. The number of thioether (sulfide) groups is 1. The SMILES string of the molecule is Cc1cccc(N=C2NC(=O)C(CCCCCC(=O)O)S2)c1. The molecule has 1 aliphatic heterocycles. The van der Waals surface area contributed by atoms with Gasteiger partial charge in [0.1, 0.15) is 0 Å². The van der Waals surface area contributed by atoms with Gasteiger partial charge >= 0.3 is 5.97 Å². The van der Waals surface area contributed by atoms with Crippen molar-refractivity contribution in [2.45, 2.75) is 44.3 Å². The van der Waals surface area contributed by atoms with E-state index in [4.69, 9.17) is 5.11 Å². The highest BCUT2D eigenvalue weighted by molar-refractivity contribution is 8.15. The van der Waals surface area contributed by atoms with Crippen molar-refractivity contribution in [1.82, 2.24) is 5.32 Å². The molecule has 22 heavy (non-hydrogen) atoms. The molecule has 1 unspecified atom stereocenters. The first-order valence-electron chi connectivity index (χ1n) is 7.39. The Morgan fingerprint density at radius 3 is 2.91 bits per heavy atom. The molecule has 0 aliphatic carbocycles. The zero-order chi connectivity index (χ0) is 15.9. The maximum absolute atomic E-state index is 11.9. The van der Waals surface area contributed by atoms with Crippen LogP contribution in [0.1, 0.15) is 37.7 Å². The van der Waals surface area contributed by atoms with Crippen molar-refractivity contribution in [2.24, 2.45) is 4.99 Å². The summed E-state index contributed by atoms with van der Waals surface area (Å²) in [5, 5.41) is 11.9. The number of carbonyl (C=O) groups excluding carboxylic acids is 1. The van der Waals surface area contributed by atoms with Crippen LogP contribution in [0.3, 0.4) is 0 Å². The zero-order valence-corrected chi connectivity index (χ0v) is 13.4. The Balaban J connectivity index is 1.82. The Bertz CT molecular complexity index is 587. The minimum absolute atomic E-state index is 0.00497. The fourth-order valence-electron chi connectivity index (χ4n) is 2.25. The highest BCUT2D eigenvalue weighted by Crippen LogP contribution is 2.27. The van der Waals surface area contributed by atoms with Gasteiger partial charge in [-0.05, 0) is 37.5 Å². The number of hydrogen-bond donors (Lipinski definition) is 2. The fraction of sp³-hybridized carbons (Fsp3) is 0.438. The number of rotatable bonds is 7. The highest BCUT2D eigenvalue weighted by Gasteiger charge is 2.29. The molecule has 0 radical (unpaired) electrons.